The highest BCUT2D eigenvalue weighted by molar-refractivity contribution is 7.80. The summed E-state index contributed by atoms with van der Waals surface area (Å²) in [6, 6.07) is 7.58. The van der Waals surface area contributed by atoms with Gasteiger partial charge in [-0.25, -0.2) is 0 Å². The van der Waals surface area contributed by atoms with Crippen LogP contribution < -0.4 is 10.5 Å². The highest BCUT2D eigenvalue weighted by atomic mass is 32.1. The van der Waals surface area contributed by atoms with Gasteiger partial charge in [0.05, 0.1) is 6.10 Å². The number of nitrogens with two attached hydrogens (primary N) is 1. The number of hydrogen-bond acceptors (Lipinski definition) is 4. The van der Waals surface area contributed by atoms with E-state index in [9.17, 15) is 5.11 Å². The molecule has 1 aliphatic heterocycles. The Kier molecular flexibility index (Phi) is 5.96. The molecule has 0 aromatic heterocycles. The van der Waals surface area contributed by atoms with Crippen molar-refractivity contribution in [3.05, 3.63) is 29.8 Å². The van der Waals surface area contributed by atoms with Crippen LogP contribution in [0.15, 0.2) is 24.3 Å². The maximum absolute atomic E-state index is 9.59. The molecule has 1 atom stereocenters. The second kappa shape index (κ2) is 7.73. The number of piperidine rings is 1. The zero-order chi connectivity index (χ0) is 15.2. The number of ether oxygens (including phenoxy) is 1. The molecule has 0 radical (unpaired) electrons. The van der Waals surface area contributed by atoms with Gasteiger partial charge in [0.15, 0.2) is 0 Å². The van der Waals surface area contributed by atoms with Gasteiger partial charge in [-0.05, 0) is 50.9 Å². The van der Waals surface area contributed by atoms with Gasteiger partial charge >= 0.3 is 0 Å². The molecule has 2 rings (SSSR count). The van der Waals surface area contributed by atoms with Crippen LogP contribution in [0.5, 0.6) is 5.75 Å². The van der Waals surface area contributed by atoms with E-state index in [1.807, 2.05) is 31.2 Å². The number of benzene rings is 1. The van der Waals surface area contributed by atoms with Crippen molar-refractivity contribution < 1.29 is 9.84 Å². The fourth-order valence-electron chi connectivity index (χ4n) is 2.69. The maximum atomic E-state index is 9.59. The monoisotopic (exact) mass is 308 g/mol. The number of rotatable bonds is 6. The molecule has 0 aliphatic carbocycles. The van der Waals surface area contributed by atoms with Crippen molar-refractivity contribution in [3.63, 3.8) is 0 Å². The van der Waals surface area contributed by atoms with Gasteiger partial charge in [-0.2, -0.15) is 0 Å². The lowest BCUT2D eigenvalue weighted by Crippen LogP contribution is -2.39. The van der Waals surface area contributed by atoms with Gasteiger partial charge in [0.1, 0.15) is 17.3 Å². The lowest BCUT2D eigenvalue weighted by Gasteiger charge is -2.33. The molecule has 0 bridgehead atoms. The molecule has 3 N–H and O–H groups in total. The first-order chi connectivity index (χ1) is 10.1. The average molecular weight is 308 g/mol. The van der Waals surface area contributed by atoms with Crippen LogP contribution in [0.4, 0.5) is 0 Å². The van der Waals surface area contributed by atoms with Crippen molar-refractivity contribution >= 4 is 17.2 Å². The maximum Gasteiger partial charge on any atom is 0.120 e. The first-order valence-corrected chi connectivity index (χ1v) is 7.90. The van der Waals surface area contributed by atoms with E-state index < -0.39 is 0 Å². The van der Waals surface area contributed by atoms with E-state index in [4.69, 9.17) is 22.7 Å². The Morgan fingerprint density at radius 2 is 2.19 bits per heavy atom. The third kappa shape index (κ3) is 4.95. The minimum Gasteiger partial charge on any atom is -0.492 e. The predicted octanol–water partition coefficient (Wildman–Crippen LogP) is 1.79. The molecule has 0 amide bonds. The van der Waals surface area contributed by atoms with Crippen molar-refractivity contribution in [3.8, 4) is 5.75 Å². The molecule has 1 saturated heterocycles. The summed E-state index contributed by atoms with van der Waals surface area (Å²) in [5.41, 5.74) is 6.45. The highest BCUT2D eigenvalue weighted by Gasteiger charge is 2.22. The molecule has 0 saturated carbocycles. The van der Waals surface area contributed by atoms with Crippen LogP contribution in [-0.4, -0.2) is 47.3 Å². The Morgan fingerprint density at radius 1 is 1.48 bits per heavy atom. The van der Waals surface area contributed by atoms with E-state index in [0.29, 0.717) is 17.5 Å². The van der Waals surface area contributed by atoms with Gasteiger partial charge in [0.2, 0.25) is 0 Å². The Hall–Kier alpha value is -1.17. The minimum atomic E-state index is -0.189. The summed E-state index contributed by atoms with van der Waals surface area (Å²) in [5.74, 6) is 1.25. The third-order valence-corrected chi connectivity index (χ3v) is 4.34. The quantitative estimate of drug-likeness (QED) is 0.785. The third-order valence-electron chi connectivity index (χ3n) is 4.11. The topological polar surface area (TPSA) is 58.7 Å². The van der Waals surface area contributed by atoms with Gasteiger partial charge in [-0.1, -0.05) is 24.4 Å². The molecule has 1 unspecified atom stereocenters. The molecule has 1 heterocycles. The summed E-state index contributed by atoms with van der Waals surface area (Å²) in [6.45, 7) is 5.51. The summed E-state index contributed by atoms with van der Waals surface area (Å²) in [7, 11) is 0. The van der Waals surface area contributed by atoms with E-state index in [1.165, 1.54) is 0 Å². The van der Waals surface area contributed by atoms with E-state index in [-0.39, 0.29) is 6.10 Å². The number of aliphatic hydroxyl groups is 1. The molecule has 1 aromatic rings. The molecule has 21 heavy (non-hydrogen) atoms. The zero-order valence-electron chi connectivity index (χ0n) is 12.5. The molecule has 5 heteroatoms. The van der Waals surface area contributed by atoms with E-state index in [1.54, 1.807) is 0 Å². The number of likely N-dealkylation sites (tertiary alicyclic amines) is 1. The van der Waals surface area contributed by atoms with Crippen LogP contribution in [0.3, 0.4) is 0 Å². The van der Waals surface area contributed by atoms with Crippen molar-refractivity contribution in [2.24, 2.45) is 11.7 Å². The van der Waals surface area contributed by atoms with Crippen LogP contribution in [0.1, 0.15) is 25.3 Å². The first kappa shape index (κ1) is 16.2. The van der Waals surface area contributed by atoms with E-state index >= 15 is 0 Å². The van der Waals surface area contributed by atoms with Crippen LogP contribution in [0.25, 0.3) is 0 Å². The lowest BCUT2D eigenvalue weighted by atomic mass is 9.92. The minimum absolute atomic E-state index is 0.189. The fourth-order valence-corrected chi connectivity index (χ4v) is 2.82. The standard InChI is InChI=1S/C16H24N2O2S/c1-12(19)13-5-7-18(8-6-13)9-10-20-15-4-2-3-14(11-15)16(17)21/h2-4,11-13,19H,5-10H2,1H3,(H2,17,21). The van der Waals surface area contributed by atoms with E-state index in [0.717, 1.165) is 43.8 Å². The summed E-state index contributed by atoms with van der Waals surface area (Å²) in [6.07, 6.45) is 1.94. The molecular formula is C16H24N2O2S. The van der Waals surface area contributed by atoms with Gasteiger partial charge in [0, 0.05) is 12.1 Å². The molecule has 1 aromatic carbocycles. The van der Waals surface area contributed by atoms with Gasteiger partial charge in [-0.15, -0.1) is 0 Å². The Balaban J connectivity index is 1.73. The number of nitrogens with zero attached hydrogens (tertiary/aromatic N) is 1. The number of hydrogen-bond donors (Lipinski definition) is 2. The van der Waals surface area contributed by atoms with E-state index in [2.05, 4.69) is 4.90 Å². The SMILES string of the molecule is CC(O)C1CCN(CCOc2cccc(C(N)=S)c2)CC1. The smallest absolute Gasteiger partial charge is 0.120 e. The molecule has 116 valence electrons. The zero-order valence-corrected chi connectivity index (χ0v) is 13.3. The largest absolute Gasteiger partial charge is 0.492 e. The van der Waals surface area contributed by atoms with Crippen LogP contribution >= 0.6 is 12.2 Å². The summed E-state index contributed by atoms with van der Waals surface area (Å²) < 4.78 is 5.77. The summed E-state index contributed by atoms with van der Waals surface area (Å²) >= 11 is 4.96. The lowest BCUT2D eigenvalue weighted by molar-refractivity contribution is 0.0672. The van der Waals surface area contributed by atoms with Gasteiger partial charge in [-0.3, -0.25) is 4.90 Å². The normalized spacial score (nSPS) is 18.4. The highest BCUT2D eigenvalue weighted by Crippen LogP contribution is 2.20. The molecular weight excluding hydrogens is 284 g/mol. The number of aliphatic hydroxyl groups excluding tert-OH is 1. The van der Waals surface area contributed by atoms with Gasteiger partial charge in [0.25, 0.3) is 0 Å². The van der Waals surface area contributed by atoms with Crippen molar-refractivity contribution in [2.75, 3.05) is 26.2 Å². The molecule has 1 aliphatic rings. The Morgan fingerprint density at radius 3 is 2.81 bits per heavy atom. The predicted molar refractivity (Wildman–Crippen MR) is 88.7 cm³/mol. The Bertz CT molecular complexity index is 471. The second-order valence-electron chi connectivity index (χ2n) is 5.66. The summed E-state index contributed by atoms with van der Waals surface area (Å²) in [4.78, 5) is 2.77. The second-order valence-corrected chi connectivity index (χ2v) is 6.10. The molecule has 4 nitrogen and oxygen atoms in total. The van der Waals surface area contributed by atoms with Crippen LogP contribution in [0, 0.1) is 5.92 Å². The number of thiocarbonyl (C=S) groups is 1. The first-order valence-electron chi connectivity index (χ1n) is 7.49. The van der Waals surface area contributed by atoms with Crippen molar-refractivity contribution in [2.45, 2.75) is 25.9 Å². The van der Waals surface area contributed by atoms with Crippen LogP contribution in [-0.2, 0) is 0 Å². The molecule has 1 fully saturated rings. The van der Waals surface area contributed by atoms with Crippen molar-refractivity contribution in [1.29, 1.82) is 0 Å². The van der Waals surface area contributed by atoms with Crippen LogP contribution in [0.2, 0.25) is 0 Å². The molecule has 0 spiro atoms. The van der Waals surface area contributed by atoms with Gasteiger partial charge < -0.3 is 15.6 Å². The van der Waals surface area contributed by atoms with Crippen molar-refractivity contribution in [1.82, 2.24) is 4.90 Å². The summed E-state index contributed by atoms with van der Waals surface area (Å²) in [5, 5.41) is 9.59. The average Bonchev–Trinajstić information content (AvgIpc) is 2.48. The Labute approximate surface area is 131 Å². The fraction of sp³-hybridized carbons (Fsp3) is 0.562.